The normalized spacial score (nSPS) is 17.4. The number of ether oxygens (including phenoxy) is 1. The number of aliphatic carboxylic acids is 1. The number of nitro benzene ring substituents is 1. The molecule has 1 fully saturated rings. The maximum Gasteiger partial charge on any atom is 0.329 e. The SMILES string of the molecule is O=C(O)C1(Nc2cc(Cl)ccc2[N+](=O)[O-])CCOCC1. The van der Waals surface area contributed by atoms with Crippen LogP contribution in [0.3, 0.4) is 0 Å². The van der Waals surface area contributed by atoms with E-state index in [0.29, 0.717) is 5.02 Å². The molecule has 1 saturated heterocycles. The van der Waals surface area contributed by atoms with E-state index in [9.17, 15) is 20.0 Å². The first-order valence-electron chi connectivity index (χ1n) is 5.98. The van der Waals surface area contributed by atoms with Crippen LogP contribution < -0.4 is 5.32 Å². The van der Waals surface area contributed by atoms with Gasteiger partial charge in [0.15, 0.2) is 0 Å². The molecule has 0 aliphatic carbocycles. The maximum atomic E-state index is 11.5. The summed E-state index contributed by atoms with van der Waals surface area (Å²) in [6.45, 7) is 0.571. The first-order chi connectivity index (χ1) is 9.44. The summed E-state index contributed by atoms with van der Waals surface area (Å²) in [5.41, 5.74) is -1.37. The summed E-state index contributed by atoms with van der Waals surface area (Å²) in [5.74, 6) is -1.06. The van der Waals surface area contributed by atoms with Crippen LogP contribution in [0.5, 0.6) is 0 Å². The number of nitro groups is 1. The van der Waals surface area contributed by atoms with Crippen molar-refractivity contribution in [2.75, 3.05) is 18.5 Å². The summed E-state index contributed by atoms with van der Waals surface area (Å²) in [4.78, 5) is 21.9. The van der Waals surface area contributed by atoms with Crippen LogP contribution in [0.4, 0.5) is 11.4 Å². The Morgan fingerprint density at radius 2 is 2.10 bits per heavy atom. The van der Waals surface area contributed by atoms with Crippen molar-refractivity contribution in [3.8, 4) is 0 Å². The molecule has 1 aromatic carbocycles. The minimum Gasteiger partial charge on any atom is -0.480 e. The van der Waals surface area contributed by atoms with E-state index in [0.717, 1.165) is 0 Å². The molecule has 8 heteroatoms. The van der Waals surface area contributed by atoms with Crippen LogP contribution in [-0.4, -0.2) is 34.8 Å². The number of carboxylic acid groups (broad SMARTS) is 1. The number of nitrogens with zero attached hydrogens (tertiary/aromatic N) is 1. The first-order valence-corrected chi connectivity index (χ1v) is 6.36. The van der Waals surface area contributed by atoms with Crippen LogP contribution in [-0.2, 0) is 9.53 Å². The van der Waals surface area contributed by atoms with Gasteiger partial charge in [-0.3, -0.25) is 10.1 Å². The topological polar surface area (TPSA) is 102 Å². The number of hydrogen-bond acceptors (Lipinski definition) is 5. The number of carbonyl (C=O) groups is 1. The second-order valence-electron chi connectivity index (χ2n) is 4.54. The molecule has 7 nitrogen and oxygen atoms in total. The summed E-state index contributed by atoms with van der Waals surface area (Å²) in [6.07, 6.45) is 0.456. The third kappa shape index (κ3) is 2.83. The Morgan fingerprint density at radius 3 is 2.65 bits per heavy atom. The van der Waals surface area contributed by atoms with Crippen LogP contribution in [0.25, 0.3) is 0 Å². The molecule has 0 saturated carbocycles. The van der Waals surface area contributed by atoms with Crippen molar-refractivity contribution >= 4 is 28.9 Å². The molecule has 0 unspecified atom stereocenters. The van der Waals surface area contributed by atoms with Crippen molar-refractivity contribution in [2.24, 2.45) is 0 Å². The van der Waals surface area contributed by atoms with Gasteiger partial charge in [-0.05, 0) is 12.1 Å². The van der Waals surface area contributed by atoms with Gasteiger partial charge in [0, 0.05) is 37.1 Å². The largest absolute Gasteiger partial charge is 0.480 e. The standard InChI is InChI=1S/C12H13ClN2O5/c13-8-1-2-10(15(18)19)9(7-8)14-12(11(16)17)3-5-20-6-4-12/h1-2,7,14H,3-6H2,(H,16,17). The van der Waals surface area contributed by atoms with E-state index in [1.165, 1.54) is 18.2 Å². The Hall–Kier alpha value is -1.86. The minimum absolute atomic E-state index is 0.104. The van der Waals surface area contributed by atoms with Crippen LogP contribution in [0.2, 0.25) is 5.02 Å². The molecule has 1 heterocycles. The Labute approximate surface area is 119 Å². The predicted molar refractivity (Wildman–Crippen MR) is 72.1 cm³/mol. The highest BCUT2D eigenvalue weighted by Crippen LogP contribution is 2.33. The lowest BCUT2D eigenvalue weighted by Crippen LogP contribution is -2.50. The number of carboxylic acids is 1. The molecule has 0 bridgehead atoms. The van der Waals surface area contributed by atoms with E-state index >= 15 is 0 Å². The molecule has 2 N–H and O–H groups in total. The zero-order chi connectivity index (χ0) is 14.8. The van der Waals surface area contributed by atoms with E-state index in [2.05, 4.69) is 5.32 Å². The molecular weight excluding hydrogens is 288 g/mol. The van der Waals surface area contributed by atoms with Gasteiger partial charge >= 0.3 is 5.97 Å². The van der Waals surface area contributed by atoms with E-state index in [4.69, 9.17) is 16.3 Å². The minimum atomic E-state index is -1.27. The highest BCUT2D eigenvalue weighted by Gasteiger charge is 2.41. The maximum absolute atomic E-state index is 11.5. The van der Waals surface area contributed by atoms with Gasteiger partial charge in [-0.1, -0.05) is 11.6 Å². The monoisotopic (exact) mass is 300 g/mol. The fourth-order valence-electron chi connectivity index (χ4n) is 2.14. The number of hydrogen-bond donors (Lipinski definition) is 2. The van der Waals surface area contributed by atoms with Crippen LogP contribution in [0, 0.1) is 10.1 Å². The Balaban J connectivity index is 2.38. The van der Waals surface area contributed by atoms with Gasteiger partial charge in [0.1, 0.15) is 11.2 Å². The molecule has 1 aromatic rings. The van der Waals surface area contributed by atoms with E-state index in [-0.39, 0.29) is 37.4 Å². The summed E-state index contributed by atoms with van der Waals surface area (Å²) >= 11 is 5.83. The number of halogens is 1. The molecule has 20 heavy (non-hydrogen) atoms. The quantitative estimate of drug-likeness (QED) is 0.653. The molecule has 0 radical (unpaired) electrons. The van der Waals surface area contributed by atoms with Crippen molar-refractivity contribution in [3.05, 3.63) is 33.3 Å². The van der Waals surface area contributed by atoms with Crippen molar-refractivity contribution in [1.29, 1.82) is 0 Å². The Kier molecular flexibility index (Phi) is 4.10. The molecule has 108 valence electrons. The second kappa shape index (κ2) is 5.64. The molecular formula is C12H13ClN2O5. The zero-order valence-electron chi connectivity index (χ0n) is 10.5. The van der Waals surface area contributed by atoms with E-state index in [1.807, 2.05) is 0 Å². The van der Waals surface area contributed by atoms with Gasteiger partial charge in [0.25, 0.3) is 5.69 Å². The summed E-state index contributed by atoms with van der Waals surface area (Å²) < 4.78 is 5.15. The fourth-order valence-corrected chi connectivity index (χ4v) is 2.31. The molecule has 2 rings (SSSR count). The number of rotatable bonds is 4. The first kappa shape index (κ1) is 14.5. The smallest absolute Gasteiger partial charge is 0.329 e. The van der Waals surface area contributed by atoms with Gasteiger partial charge in [0.2, 0.25) is 0 Å². The van der Waals surface area contributed by atoms with E-state index < -0.39 is 16.4 Å². The molecule has 0 amide bonds. The average Bonchev–Trinajstić information content (AvgIpc) is 2.39. The van der Waals surface area contributed by atoms with Crippen LogP contribution in [0.1, 0.15) is 12.8 Å². The van der Waals surface area contributed by atoms with Crippen molar-refractivity contribution in [3.63, 3.8) is 0 Å². The van der Waals surface area contributed by atoms with Gasteiger partial charge in [-0.25, -0.2) is 4.79 Å². The lowest BCUT2D eigenvalue weighted by atomic mass is 9.89. The second-order valence-corrected chi connectivity index (χ2v) is 4.98. The number of benzene rings is 1. The van der Waals surface area contributed by atoms with Crippen LogP contribution >= 0.6 is 11.6 Å². The molecule has 0 spiro atoms. The van der Waals surface area contributed by atoms with E-state index in [1.54, 1.807) is 0 Å². The van der Waals surface area contributed by atoms with Crippen molar-refractivity contribution in [1.82, 2.24) is 0 Å². The third-order valence-corrected chi connectivity index (χ3v) is 3.52. The summed E-state index contributed by atoms with van der Waals surface area (Å²) in [5, 5.41) is 23.5. The number of anilines is 1. The molecule has 0 atom stereocenters. The zero-order valence-corrected chi connectivity index (χ0v) is 11.2. The number of nitrogens with one attached hydrogen (secondary N) is 1. The highest BCUT2D eigenvalue weighted by atomic mass is 35.5. The van der Waals surface area contributed by atoms with Crippen LogP contribution in [0.15, 0.2) is 18.2 Å². The summed E-state index contributed by atoms with van der Waals surface area (Å²) in [6, 6.07) is 4.00. The van der Waals surface area contributed by atoms with Gasteiger partial charge in [-0.2, -0.15) is 0 Å². The van der Waals surface area contributed by atoms with Gasteiger partial charge in [0.05, 0.1) is 4.92 Å². The Morgan fingerprint density at radius 1 is 1.45 bits per heavy atom. The molecule has 1 aliphatic heterocycles. The third-order valence-electron chi connectivity index (χ3n) is 3.28. The highest BCUT2D eigenvalue weighted by molar-refractivity contribution is 6.31. The Bertz CT molecular complexity index is 543. The lowest BCUT2D eigenvalue weighted by molar-refractivity contribution is -0.384. The molecule has 1 aliphatic rings. The van der Waals surface area contributed by atoms with Gasteiger partial charge < -0.3 is 15.2 Å². The van der Waals surface area contributed by atoms with Crippen molar-refractivity contribution in [2.45, 2.75) is 18.4 Å². The average molecular weight is 301 g/mol. The van der Waals surface area contributed by atoms with Crippen molar-refractivity contribution < 1.29 is 19.6 Å². The van der Waals surface area contributed by atoms with Gasteiger partial charge in [-0.15, -0.1) is 0 Å². The fraction of sp³-hybridized carbons (Fsp3) is 0.417. The summed E-state index contributed by atoms with van der Waals surface area (Å²) in [7, 11) is 0. The predicted octanol–water partition coefficient (Wildman–Crippen LogP) is 2.29. The lowest BCUT2D eigenvalue weighted by Gasteiger charge is -2.34. The molecule has 0 aromatic heterocycles.